The Bertz CT molecular complexity index is 1150. The number of hydrogen-bond acceptors (Lipinski definition) is 6. The van der Waals surface area contributed by atoms with Crippen molar-refractivity contribution >= 4 is 40.5 Å². The van der Waals surface area contributed by atoms with Crippen molar-refractivity contribution in [3.05, 3.63) is 58.1 Å². The second-order valence-corrected chi connectivity index (χ2v) is 7.92. The Morgan fingerprint density at radius 1 is 1.17 bits per heavy atom. The standard InChI is InChI=1S/C25H29N3O6.BrH/c1-5-15-9-16(7-8-21(15)34-14(3)25(31)32)20(29)13-28-12-17-10-22(33-6-2)19(24(30)27-4)11-18(17)23(28)26;/h7-11,14,26H,5-6,12-13H2,1-4H3,(H,27,30)(H,31,32);1H. The third-order valence-corrected chi connectivity index (χ3v) is 5.66. The van der Waals surface area contributed by atoms with Crippen molar-refractivity contribution in [2.45, 2.75) is 39.8 Å². The molecular formula is C25H30BrN3O6. The number of nitrogens with zero attached hydrogens (tertiary/aromatic N) is 1. The number of amidine groups is 1. The van der Waals surface area contributed by atoms with Crippen LogP contribution in [0.5, 0.6) is 11.5 Å². The van der Waals surface area contributed by atoms with E-state index in [1.165, 1.54) is 14.0 Å². The number of carbonyl (C=O) groups excluding carboxylic acids is 2. The van der Waals surface area contributed by atoms with E-state index in [1.54, 1.807) is 35.2 Å². The second kappa shape index (κ2) is 11.8. The summed E-state index contributed by atoms with van der Waals surface area (Å²) < 4.78 is 11.1. The third kappa shape index (κ3) is 6.00. The van der Waals surface area contributed by atoms with Crippen LogP contribution in [-0.4, -0.2) is 59.8 Å². The molecule has 0 spiro atoms. The number of Topliss-reactive ketones (excluding diaryl/α,β-unsaturated/α-hetero) is 1. The summed E-state index contributed by atoms with van der Waals surface area (Å²) >= 11 is 0. The third-order valence-electron chi connectivity index (χ3n) is 5.66. The lowest BCUT2D eigenvalue weighted by atomic mass is 10.0. The topological polar surface area (TPSA) is 129 Å². The average Bonchev–Trinajstić information content (AvgIpc) is 3.12. The van der Waals surface area contributed by atoms with Gasteiger partial charge in [-0.15, -0.1) is 17.0 Å². The smallest absolute Gasteiger partial charge is 0.344 e. The van der Waals surface area contributed by atoms with Crippen LogP contribution < -0.4 is 14.8 Å². The highest BCUT2D eigenvalue weighted by molar-refractivity contribution is 8.93. The number of nitrogens with one attached hydrogen (secondary N) is 2. The Kier molecular flexibility index (Phi) is 9.41. The number of ketones is 1. The number of carboxylic acid groups (broad SMARTS) is 1. The Morgan fingerprint density at radius 3 is 2.49 bits per heavy atom. The molecule has 1 heterocycles. The van der Waals surface area contributed by atoms with Crippen molar-refractivity contribution in [2.75, 3.05) is 20.2 Å². The van der Waals surface area contributed by atoms with Crippen molar-refractivity contribution in [1.29, 1.82) is 5.41 Å². The van der Waals surface area contributed by atoms with Gasteiger partial charge in [0.15, 0.2) is 11.9 Å². The van der Waals surface area contributed by atoms with Gasteiger partial charge in [-0.1, -0.05) is 6.92 Å². The molecule has 35 heavy (non-hydrogen) atoms. The van der Waals surface area contributed by atoms with Gasteiger partial charge < -0.3 is 24.8 Å². The van der Waals surface area contributed by atoms with Gasteiger partial charge in [-0.05, 0) is 61.7 Å². The van der Waals surface area contributed by atoms with Crippen LogP contribution in [0.3, 0.4) is 0 Å². The number of aryl methyl sites for hydroxylation is 1. The number of rotatable bonds is 10. The number of carboxylic acids is 1. The SMILES string of the molecule is Br.CCOc1cc2c(cc1C(=O)NC)C(=N)N(CC(=O)c1ccc(OC(C)C(=O)O)c(CC)c1)C2. The van der Waals surface area contributed by atoms with Crippen LogP contribution in [0.4, 0.5) is 0 Å². The molecule has 9 nitrogen and oxygen atoms in total. The van der Waals surface area contributed by atoms with Gasteiger partial charge in [0.05, 0.1) is 18.7 Å². The highest BCUT2D eigenvalue weighted by Crippen LogP contribution is 2.31. The van der Waals surface area contributed by atoms with E-state index >= 15 is 0 Å². The zero-order chi connectivity index (χ0) is 25.0. The highest BCUT2D eigenvalue weighted by atomic mass is 79.9. The molecule has 1 atom stereocenters. The molecule has 3 N–H and O–H groups in total. The lowest BCUT2D eigenvalue weighted by Crippen LogP contribution is -2.30. The van der Waals surface area contributed by atoms with E-state index in [0.717, 1.165) is 11.1 Å². The lowest BCUT2D eigenvalue weighted by Gasteiger charge is -2.18. The zero-order valence-electron chi connectivity index (χ0n) is 20.1. The van der Waals surface area contributed by atoms with Crippen molar-refractivity contribution in [1.82, 2.24) is 10.2 Å². The lowest BCUT2D eigenvalue weighted by molar-refractivity contribution is -0.144. The second-order valence-electron chi connectivity index (χ2n) is 7.92. The minimum Gasteiger partial charge on any atom is -0.493 e. The number of aliphatic carboxylic acids is 1. The fraction of sp³-hybridized carbons (Fsp3) is 0.360. The van der Waals surface area contributed by atoms with Gasteiger partial charge in [0.2, 0.25) is 0 Å². The van der Waals surface area contributed by atoms with Gasteiger partial charge in [-0.3, -0.25) is 15.0 Å². The van der Waals surface area contributed by atoms with Gasteiger partial charge in [0.1, 0.15) is 17.3 Å². The molecular weight excluding hydrogens is 518 g/mol. The van der Waals surface area contributed by atoms with E-state index in [9.17, 15) is 14.4 Å². The normalized spacial score (nSPS) is 12.9. The minimum absolute atomic E-state index is 0. The Balaban J connectivity index is 0.00000432. The van der Waals surface area contributed by atoms with E-state index in [0.29, 0.717) is 47.8 Å². The molecule has 188 valence electrons. The van der Waals surface area contributed by atoms with Crippen molar-refractivity contribution in [2.24, 2.45) is 0 Å². The van der Waals surface area contributed by atoms with Crippen LogP contribution in [0.1, 0.15) is 58.2 Å². The van der Waals surface area contributed by atoms with Crippen LogP contribution in [-0.2, 0) is 17.8 Å². The van der Waals surface area contributed by atoms with Crippen LogP contribution in [0.25, 0.3) is 0 Å². The molecule has 0 aromatic heterocycles. The zero-order valence-corrected chi connectivity index (χ0v) is 21.8. The van der Waals surface area contributed by atoms with E-state index in [2.05, 4.69) is 5.32 Å². The molecule has 0 saturated carbocycles. The van der Waals surface area contributed by atoms with Crippen LogP contribution in [0.15, 0.2) is 30.3 Å². The molecule has 3 rings (SSSR count). The van der Waals surface area contributed by atoms with Gasteiger partial charge in [-0.2, -0.15) is 0 Å². The maximum Gasteiger partial charge on any atom is 0.344 e. The first-order valence-corrected chi connectivity index (χ1v) is 11.1. The largest absolute Gasteiger partial charge is 0.493 e. The number of halogens is 1. The first kappa shape index (κ1) is 27.8. The molecule has 0 radical (unpaired) electrons. The minimum atomic E-state index is -1.07. The number of carbonyl (C=O) groups is 3. The van der Waals surface area contributed by atoms with Crippen LogP contribution >= 0.6 is 17.0 Å². The van der Waals surface area contributed by atoms with Crippen molar-refractivity contribution in [3.8, 4) is 11.5 Å². The summed E-state index contributed by atoms with van der Waals surface area (Å²) in [6, 6.07) is 8.31. The number of benzene rings is 2. The van der Waals surface area contributed by atoms with Crippen molar-refractivity contribution in [3.63, 3.8) is 0 Å². The predicted octanol–water partition coefficient (Wildman–Crippen LogP) is 3.46. The average molecular weight is 548 g/mol. The van der Waals surface area contributed by atoms with E-state index < -0.39 is 12.1 Å². The summed E-state index contributed by atoms with van der Waals surface area (Å²) in [5.74, 6) is -0.508. The quantitative estimate of drug-likeness (QED) is 0.388. The maximum atomic E-state index is 13.0. The Morgan fingerprint density at radius 2 is 1.89 bits per heavy atom. The maximum absolute atomic E-state index is 13.0. The fourth-order valence-electron chi connectivity index (χ4n) is 3.80. The number of hydrogen-bond donors (Lipinski definition) is 3. The molecule has 1 aliphatic rings. The van der Waals surface area contributed by atoms with Gasteiger partial charge >= 0.3 is 5.97 Å². The van der Waals surface area contributed by atoms with Crippen LogP contribution in [0, 0.1) is 5.41 Å². The summed E-state index contributed by atoms with van der Waals surface area (Å²) in [7, 11) is 1.53. The molecule has 1 aliphatic heterocycles. The molecule has 0 saturated heterocycles. The summed E-state index contributed by atoms with van der Waals surface area (Å²) in [4.78, 5) is 38.1. The molecule has 2 aromatic carbocycles. The number of amides is 1. The van der Waals surface area contributed by atoms with E-state index in [1.807, 2.05) is 13.8 Å². The fourth-order valence-corrected chi connectivity index (χ4v) is 3.80. The number of fused-ring (bicyclic) bond motifs is 1. The molecule has 2 aromatic rings. The summed E-state index contributed by atoms with van der Waals surface area (Å²) in [5, 5.41) is 20.2. The summed E-state index contributed by atoms with van der Waals surface area (Å²) in [6.07, 6.45) is -0.437. The Labute approximate surface area is 214 Å². The predicted molar refractivity (Wildman–Crippen MR) is 136 cm³/mol. The monoisotopic (exact) mass is 547 g/mol. The van der Waals surface area contributed by atoms with E-state index in [-0.39, 0.29) is 41.1 Å². The van der Waals surface area contributed by atoms with Gasteiger partial charge in [0, 0.05) is 24.7 Å². The molecule has 1 unspecified atom stereocenters. The van der Waals surface area contributed by atoms with Gasteiger partial charge in [0.25, 0.3) is 5.91 Å². The Hall–Kier alpha value is -3.40. The molecule has 10 heteroatoms. The molecule has 0 fully saturated rings. The highest BCUT2D eigenvalue weighted by Gasteiger charge is 2.29. The van der Waals surface area contributed by atoms with Crippen molar-refractivity contribution < 1.29 is 29.0 Å². The van der Waals surface area contributed by atoms with E-state index in [4.69, 9.17) is 20.0 Å². The van der Waals surface area contributed by atoms with Gasteiger partial charge in [-0.25, -0.2) is 4.79 Å². The first-order chi connectivity index (χ1) is 16.2. The summed E-state index contributed by atoms with van der Waals surface area (Å²) in [5.41, 5.74) is 2.94. The molecule has 1 amide bonds. The molecule has 0 bridgehead atoms. The molecule has 0 aliphatic carbocycles. The first-order valence-electron chi connectivity index (χ1n) is 11.1. The number of ether oxygens (including phenoxy) is 2. The van der Waals surface area contributed by atoms with Crippen LogP contribution in [0.2, 0.25) is 0 Å². The summed E-state index contributed by atoms with van der Waals surface area (Å²) in [6.45, 7) is 5.91.